The van der Waals surface area contributed by atoms with E-state index in [1.54, 1.807) is 6.92 Å². The van der Waals surface area contributed by atoms with Gasteiger partial charge in [0, 0.05) is 61.2 Å². The Labute approximate surface area is 250 Å². The van der Waals surface area contributed by atoms with E-state index in [1.165, 1.54) is 18.4 Å². The lowest BCUT2D eigenvalue weighted by Gasteiger charge is -2.27. The maximum atomic E-state index is 14.1. The predicted molar refractivity (Wildman–Crippen MR) is 165 cm³/mol. The Morgan fingerprint density at radius 3 is 2.45 bits per heavy atom. The summed E-state index contributed by atoms with van der Waals surface area (Å²) in [4.78, 5) is 57.6. The number of nitrogens with zero attached hydrogens (tertiary/aromatic N) is 3. The number of ketones is 3. The number of amides is 1. The minimum atomic E-state index is -0.415. The molecule has 3 atom stereocenters. The fourth-order valence-corrected chi connectivity index (χ4v) is 8.37. The van der Waals surface area contributed by atoms with Crippen molar-refractivity contribution < 1.29 is 19.2 Å². The van der Waals surface area contributed by atoms with E-state index in [1.807, 2.05) is 22.6 Å². The molecule has 1 aromatic carbocycles. The number of anilines is 1. The summed E-state index contributed by atoms with van der Waals surface area (Å²) in [5.41, 5.74) is 3.81. The van der Waals surface area contributed by atoms with E-state index in [9.17, 15) is 19.2 Å². The number of carbonyl (C=O) groups is 4. The summed E-state index contributed by atoms with van der Waals surface area (Å²) < 4.78 is 2.00. The average molecular weight is 574 g/mol. The van der Waals surface area contributed by atoms with Crippen molar-refractivity contribution in [2.24, 2.45) is 10.8 Å². The average Bonchev–Trinajstić information content (AvgIpc) is 3.31. The van der Waals surface area contributed by atoms with Gasteiger partial charge < -0.3 is 14.4 Å². The van der Waals surface area contributed by atoms with Crippen LogP contribution in [0.1, 0.15) is 114 Å². The Morgan fingerprint density at radius 2 is 1.74 bits per heavy atom. The topological polar surface area (TPSA) is 79.7 Å². The lowest BCUT2D eigenvalue weighted by atomic mass is 9.80. The normalized spacial score (nSPS) is 28.2. The van der Waals surface area contributed by atoms with Gasteiger partial charge in [-0.15, -0.1) is 0 Å². The molecule has 2 saturated heterocycles. The minimum absolute atomic E-state index is 0.00528. The smallest absolute Gasteiger partial charge is 0.243 e. The van der Waals surface area contributed by atoms with Gasteiger partial charge in [0.1, 0.15) is 12.3 Å². The van der Waals surface area contributed by atoms with E-state index in [-0.39, 0.29) is 40.9 Å². The maximum Gasteiger partial charge on any atom is 0.243 e. The molecule has 1 saturated carbocycles. The number of aromatic nitrogens is 1. The zero-order valence-electron chi connectivity index (χ0n) is 26.0. The van der Waals surface area contributed by atoms with Crippen molar-refractivity contribution in [1.82, 2.24) is 9.47 Å². The van der Waals surface area contributed by atoms with Gasteiger partial charge in [-0.3, -0.25) is 19.2 Å². The largest absolute Gasteiger partial charge is 0.372 e. The molecule has 0 radical (unpaired) electrons. The van der Waals surface area contributed by atoms with Gasteiger partial charge in [0.2, 0.25) is 5.91 Å². The molecule has 226 valence electrons. The first-order valence-corrected chi connectivity index (χ1v) is 16.3. The first-order chi connectivity index (χ1) is 20.0. The monoisotopic (exact) mass is 573 g/mol. The highest BCUT2D eigenvalue weighted by Crippen LogP contribution is 2.62. The van der Waals surface area contributed by atoms with Crippen LogP contribution in [-0.4, -0.2) is 57.9 Å². The molecular formula is C35H47N3O4. The number of carbonyl (C=O) groups excluding carboxylic acids is 4. The molecule has 2 aromatic rings. The van der Waals surface area contributed by atoms with Crippen molar-refractivity contribution in [3.63, 3.8) is 0 Å². The molecule has 1 amide bonds. The standard InChI is InChI=1S/C35H47N3O4/c1-5-30(41)29-19-35-13-11-26(40)18-34(3,4)12-7-6-10-24-16-25(36-14-8-9-15-36)17-27-28(23(2)39)21-37(33(24)27)22-32(42)38(29)31(35)20-35/h16-17,21,29,31H,5-15,18-20,22H2,1-4H3/t29-,31+,35-/m0/s1. The van der Waals surface area contributed by atoms with E-state index in [0.717, 1.165) is 68.2 Å². The summed E-state index contributed by atoms with van der Waals surface area (Å²) in [6.07, 6.45) is 11.9. The number of Topliss-reactive ketones (excluding diaryl/α,β-unsaturated/α-hetero) is 3. The molecule has 4 heterocycles. The summed E-state index contributed by atoms with van der Waals surface area (Å²) >= 11 is 0. The van der Waals surface area contributed by atoms with Crippen LogP contribution >= 0.6 is 0 Å². The molecule has 0 N–H and O–H groups in total. The zero-order chi connectivity index (χ0) is 29.8. The third-order valence-corrected chi connectivity index (χ3v) is 10.7. The lowest BCUT2D eigenvalue weighted by molar-refractivity contribution is -0.139. The first kappa shape index (κ1) is 29.1. The summed E-state index contributed by atoms with van der Waals surface area (Å²) in [7, 11) is 0. The van der Waals surface area contributed by atoms with Crippen LogP contribution in [0.5, 0.6) is 0 Å². The summed E-state index contributed by atoms with van der Waals surface area (Å²) in [5, 5.41) is 0.932. The van der Waals surface area contributed by atoms with E-state index < -0.39 is 6.04 Å². The van der Waals surface area contributed by atoms with Gasteiger partial charge in [0.15, 0.2) is 11.6 Å². The fraction of sp³-hybridized carbons (Fsp3) is 0.657. The highest BCUT2D eigenvalue weighted by molar-refractivity contribution is 6.09. The fourth-order valence-electron chi connectivity index (χ4n) is 8.37. The van der Waals surface area contributed by atoms with Gasteiger partial charge in [-0.25, -0.2) is 0 Å². The Balaban J connectivity index is 1.43. The third-order valence-electron chi connectivity index (χ3n) is 10.7. The molecule has 6 rings (SSSR count). The molecular weight excluding hydrogens is 526 g/mol. The van der Waals surface area contributed by atoms with Gasteiger partial charge >= 0.3 is 0 Å². The Bertz CT molecular complexity index is 1430. The molecule has 0 unspecified atom stereocenters. The highest BCUT2D eigenvalue weighted by atomic mass is 16.2. The summed E-state index contributed by atoms with van der Waals surface area (Å²) in [6.45, 7) is 10.1. The summed E-state index contributed by atoms with van der Waals surface area (Å²) in [6, 6.07) is 4.05. The van der Waals surface area contributed by atoms with Crippen LogP contribution in [0.4, 0.5) is 5.69 Å². The predicted octanol–water partition coefficient (Wildman–Crippen LogP) is 6.27. The van der Waals surface area contributed by atoms with Crippen molar-refractivity contribution in [3.05, 3.63) is 29.5 Å². The molecule has 7 heteroatoms. The quantitative estimate of drug-likeness (QED) is 0.403. The van der Waals surface area contributed by atoms with Crippen LogP contribution in [0.25, 0.3) is 10.9 Å². The molecule has 3 aliphatic heterocycles. The zero-order valence-corrected chi connectivity index (χ0v) is 26.0. The maximum absolute atomic E-state index is 14.1. The van der Waals surface area contributed by atoms with E-state index in [0.29, 0.717) is 37.0 Å². The van der Waals surface area contributed by atoms with Crippen LogP contribution in [0, 0.1) is 10.8 Å². The second kappa shape index (κ2) is 10.9. The molecule has 1 aliphatic carbocycles. The minimum Gasteiger partial charge on any atom is -0.372 e. The molecule has 1 aromatic heterocycles. The molecule has 0 spiro atoms. The second-order valence-electron chi connectivity index (χ2n) is 14.4. The van der Waals surface area contributed by atoms with Crippen molar-refractivity contribution in [2.45, 2.75) is 123 Å². The Kier molecular flexibility index (Phi) is 7.59. The summed E-state index contributed by atoms with van der Waals surface area (Å²) in [5.74, 6) is 0.366. The Morgan fingerprint density at radius 1 is 0.976 bits per heavy atom. The van der Waals surface area contributed by atoms with Crippen molar-refractivity contribution in [3.8, 4) is 0 Å². The number of hydrogen-bond acceptors (Lipinski definition) is 5. The third kappa shape index (κ3) is 5.33. The van der Waals surface area contributed by atoms with Crippen LogP contribution in [0.3, 0.4) is 0 Å². The molecule has 7 nitrogen and oxygen atoms in total. The second-order valence-corrected chi connectivity index (χ2v) is 14.4. The van der Waals surface area contributed by atoms with E-state index in [4.69, 9.17) is 0 Å². The van der Waals surface area contributed by atoms with Crippen LogP contribution in [0.15, 0.2) is 18.3 Å². The van der Waals surface area contributed by atoms with Crippen LogP contribution < -0.4 is 4.90 Å². The van der Waals surface area contributed by atoms with Gasteiger partial charge in [0.25, 0.3) is 0 Å². The SMILES string of the molecule is CCC(=O)[C@@H]1C[C@]23CCC(=O)CC(C)(C)CCCCc4cc(N5CCCC5)cc5c(C(C)=O)cn(c45)CC(=O)N1[C@@H]2C3. The van der Waals surface area contributed by atoms with Crippen molar-refractivity contribution in [1.29, 1.82) is 0 Å². The highest BCUT2D eigenvalue weighted by Gasteiger charge is 2.66. The van der Waals surface area contributed by atoms with Gasteiger partial charge in [-0.1, -0.05) is 27.2 Å². The van der Waals surface area contributed by atoms with E-state index >= 15 is 0 Å². The van der Waals surface area contributed by atoms with Gasteiger partial charge in [0.05, 0.1) is 11.6 Å². The number of hydrogen-bond donors (Lipinski definition) is 0. The number of rotatable bonds is 4. The lowest BCUT2D eigenvalue weighted by Crippen LogP contribution is -2.44. The molecule has 4 aliphatic rings. The van der Waals surface area contributed by atoms with Crippen LogP contribution in [0.2, 0.25) is 0 Å². The number of piperidine rings is 1. The van der Waals surface area contributed by atoms with Crippen molar-refractivity contribution in [2.75, 3.05) is 18.0 Å². The van der Waals surface area contributed by atoms with Crippen molar-refractivity contribution >= 4 is 39.8 Å². The van der Waals surface area contributed by atoms with Gasteiger partial charge in [-0.2, -0.15) is 0 Å². The molecule has 3 fully saturated rings. The number of benzene rings is 1. The van der Waals surface area contributed by atoms with E-state index in [2.05, 4.69) is 30.9 Å². The Hall–Kier alpha value is -2.96. The molecule has 2 bridgehead atoms. The number of aryl methyl sites for hydroxylation is 1. The van der Waals surface area contributed by atoms with Gasteiger partial charge in [-0.05, 0) is 86.8 Å². The molecule has 42 heavy (non-hydrogen) atoms. The first-order valence-electron chi connectivity index (χ1n) is 16.3. The van der Waals surface area contributed by atoms with Crippen LogP contribution in [-0.2, 0) is 27.3 Å².